The number of ether oxygens (including phenoxy) is 6. The van der Waals surface area contributed by atoms with E-state index in [9.17, 15) is 14.4 Å². The number of fused-ring (bicyclic) bond motifs is 1. The first-order valence-electron chi connectivity index (χ1n) is 14.1. The van der Waals surface area contributed by atoms with Crippen molar-refractivity contribution in [2.24, 2.45) is 4.99 Å². The lowest BCUT2D eigenvalue weighted by Crippen LogP contribution is -2.40. The molecule has 1 aromatic heterocycles. The molecule has 1 atom stereocenters. The molecule has 0 saturated heterocycles. The quantitative estimate of drug-likeness (QED) is 0.278. The van der Waals surface area contributed by atoms with Gasteiger partial charge in [0.25, 0.3) is 5.56 Å². The molecule has 3 aromatic rings. The molecule has 0 N–H and O–H groups in total. The third-order valence-electron chi connectivity index (χ3n) is 6.52. The van der Waals surface area contributed by atoms with E-state index < -0.39 is 18.0 Å². The van der Waals surface area contributed by atoms with Crippen LogP contribution in [-0.2, 0) is 19.1 Å². The molecule has 1 aliphatic rings. The van der Waals surface area contributed by atoms with Crippen LogP contribution in [0, 0.1) is 0 Å². The number of carbonyl (C=O) groups is 2. The smallest absolute Gasteiger partial charge is 0.344 e. The number of hydrogen-bond acceptors (Lipinski definition) is 11. The number of allylic oxidation sites excluding steroid dienone is 1. The second-order valence-electron chi connectivity index (χ2n) is 9.88. The van der Waals surface area contributed by atoms with E-state index in [0.29, 0.717) is 49.2 Å². The first-order valence-corrected chi connectivity index (χ1v) is 14.9. The highest BCUT2D eigenvalue weighted by molar-refractivity contribution is 7.07. The van der Waals surface area contributed by atoms with Crippen LogP contribution in [0.25, 0.3) is 6.08 Å². The Morgan fingerprint density at radius 3 is 2.32 bits per heavy atom. The minimum atomic E-state index is -0.817. The highest BCUT2D eigenvalue weighted by Crippen LogP contribution is 2.36. The molecular formula is C32H36N2O9S. The van der Waals surface area contributed by atoms with Gasteiger partial charge in [-0.15, -0.1) is 0 Å². The van der Waals surface area contributed by atoms with Gasteiger partial charge in [0.2, 0.25) is 0 Å². The molecule has 2 aromatic carbocycles. The van der Waals surface area contributed by atoms with E-state index in [2.05, 4.69) is 4.99 Å². The Kier molecular flexibility index (Phi) is 10.5. The zero-order valence-corrected chi connectivity index (χ0v) is 26.6. The third-order valence-corrected chi connectivity index (χ3v) is 7.50. The predicted octanol–water partition coefficient (Wildman–Crippen LogP) is 3.54. The molecule has 44 heavy (non-hydrogen) atoms. The van der Waals surface area contributed by atoms with Crippen molar-refractivity contribution in [3.05, 3.63) is 78.5 Å². The van der Waals surface area contributed by atoms with E-state index >= 15 is 0 Å². The summed E-state index contributed by atoms with van der Waals surface area (Å²) in [5.74, 6) is 0.691. The molecule has 0 saturated carbocycles. The van der Waals surface area contributed by atoms with Crippen LogP contribution in [-0.4, -0.2) is 56.6 Å². The van der Waals surface area contributed by atoms with Gasteiger partial charge in [-0.05, 0) is 76.1 Å². The van der Waals surface area contributed by atoms with Gasteiger partial charge >= 0.3 is 11.9 Å². The van der Waals surface area contributed by atoms with Crippen LogP contribution in [0.5, 0.6) is 23.0 Å². The Bertz CT molecular complexity index is 1750. The second-order valence-corrected chi connectivity index (χ2v) is 10.9. The summed E-state index contributed by atoms with van der Waals surface area (Å²) in [5, 5.41) is 0. The Balaban J connectivity index is 1.82. The zero-order chi connectivity index (χ0) is 32.0. The summed E-state index contributed by atoms with van der Waals surface area (Å²) in [4.78, 5) is 44.0. The van der Waals surface area contributed by atoms with Gasteiger partial charge in [-0.3, -0.25) is 9.36 Å². The minimum Gasteiger partial charge on any atom is -0.493 e. The Labute approximate surface area is 258 Å². The molecule has 12 heteroatoms. The minimum absolute atomic E-state index is 0.0820. The Hall–Kier alpha value is -4.58. The number of thiazole rings is 1. The van der Waals surface area contributed by atoms with Crippen molar-refractivity contribution in [1.29, 1.82) is 0 Å². The number of carbonyl (C=O) groups excluding carboxylic acids is 2. The van der Waals surface area contributed by atoms with Crippen molar-refractivity contribution in [1.82, 2.24) is 4.57 Å². The Morgan fingerprint density at radius 2 is 1.66 bits per heavy atom. The van der Waals surface area contributed by atoms with E-state index in [-0.39, 0.29) is 37.1 Å². The van der Waals surface area contributed by atoms with Gasteiger partial charge in [-0.2, -0.15) is 0 Å². The number of methoxy groups -OCH3 is 2. The van der Waals surface area contributed by atoms with E-state index in [4.69, 9.17) is 28.4 Å². The number of aromatic nitrogens is 1. The topological polar surface area (TPSA) is 124 Å². The maximum atomic E-state index is 14.0. The molecule has 0 fully saturated rings. The molecule has 0 bridgehead atoms. The standard InChI is InChI=1S/C32H36N2O9S/c1-8-40-27(35)17-42-22-12-10-20(14-24(22)38-6)15-26-30(36)34-29(21-11-13-23(43-18(3)4)25(16-21)39-7)28(31(37)41-9-2)19(5)33-32(34)44-26/h10-16,18,29H,8-9,17H2,1-7H3/b26-15-/t29-/m0/s1. The van der Waals surface area contributed by atoms with Crippen molar-refractivity contribution < 1.29 is 38.0 Å². The SMILES string of the molecule is CCOC(=O)COc1ccc(/C=c2\sc3n(c2=O)[C@@H](c2ccc(OC(C)C)c(OC)c2)C(C(=O)OCC)=C(C)N=3)cc1OC. The van der Waals surface area contributed by atoms with Gasteiger partial charge in [-0.1, -0.05) is 23.5 Å². The van der Waals surface area contributed by atoms with Gasteiger partial charge in [0.1, 0.15) is 0 Å². The molecule has 0 amide bonds. The van der Waals surface area contributed by atoms with Gasteiger partial charge < -0.3 is 28.4 Å². The highest BCUT2D eigenvalue weighted by atomic mass is 32.1. The van der Waals surface area contributed by atoms with Gasteiger partial charge in [0.15, 0.2) is 34.4 Å². The summed E-state index contributed by atoms with van der Waals surface area (Å²) >= 11 is 1.20. The number of nitrogens with zero attached hydrogens (tertiary/aromatic N) is 2. The normalized spacial score (nSPS) is 14.5. The van der Waals surface area contributed by atoms with Gasteiger partial charge in [-0.25, -0.2) is 14.6 Å². The van der Waals surface area contributed by atoms with Crippen molar-refractivity contribution in [3.63, 3.8) is 0 Å². The first-order chi connectivity index (χ1) is 21.1. The lowest BCUT2D eigenvalue weighted by molar-refractivity contribution is -0.145. The molecule has 4 rings (SSSR count). The van der Waals surface area contributed by atoms with Gasteiger partial charge in [0, 0.05) is 0 Å². The fourth-order valence-corrected chi connectivity index (χ4v) is 5.74. The first kappa shape index (κ1) is 32.3. The average Bonchev–Trinajstić information content (AvgIpc) is 3.29. The molecule has 0 radical (unpaired) electrons. The second kappa shape index (κ2) is 14.3. The monoisotopic (exact) mass is 624 g/mol. The van der Waals surface area contributed by atoms with E-state index in [1.165, 1.54) is 30.1 Å². The molecule has 2 heterocycles. The van der Waals surface area contributed by atoms with E-state index in [0.717, 1.165) is 0 Å². The maximum absolute atomic E-state index is 14.0. The lowest BCUT2D eigenvalue weighted by Gasteiger charge is -2.25. The highest BCUT2D eigenvalue weighted by Gasteiger charge is 2.34. The molecule has 0 aliphatic carbocycles. The summed E-state index contributed by atoms with van der Waals surface area (Å²) in [6.45, 7) is 9.14. The third kappa shape index (κ3) is 6.96. The van der Waals surface area contributed by atoms with Crippen molar-refractivity contribution in [3.8, 4) is 23.0 Å². The number of hydrogen-bond donors (Lipinski definition) is 0. The van der Waals surface area contributed by atoms with Crippen molar-refractivity contribution >= 4 is 29.4 Å². The number of esters is 2. The fraction of sp³-hybridized carbons (Fsp3) is 0.375. The van der Waals surface area contributed by atoms with Crippen LogP contribution >= 0.6 is 11.3 Å². The summed E-state index contributed by atoms with van der Waals surface area (Å²) in [6, 6.07) is 9.61. The van der Waals surface area contributed by atoms with Crippen LogP contribution < -0.4 is 33.8 Å². The van der Waals surface area contributed by atoms with Crippen LogP contribution in [0.4, 0.5) is 0 Å². The summed E-state index contributed by atoms with van der Waals surface area (Å²) in [6.07, 6.45) is 1.63. The molecule has 1 aliphatic heterocycles. The summed E-state index contributed by atoms with van der Waals surface area (Å²) in [7, 11) is 3.02. The molecular weight excluding hydrogens is 588 g/mol. The van der Waals surface area contributed by atoms with Crippen LogP contribution in [0.2, 0.25) is 0 Å². The number of benzene rings is 2. The number of rotatable bonds is 12. The van der Waals surface area contributed by atoms with Crippen LogP contribution in [0.1, 0.15) is 51.8 Å². The molecule has 0 spiro atoms. The Morgan fingerprint density at radius 1 is 0.977 bits per heavy atom. The molecule has 234 valence electrons. The van der Waals surface area contributed by atoms with E-state index in [1.54, 1.807) is 63.2 Å². The molecule has 11 nitrogen and oxygen atoms in total. The van der Waals surface area contributed by atoms with E-state index in [1.807, 2.05) is 13.8 Å². The summed E-state index contributed by atoms with van der Waals surface area (Å²) in [5.41, 5.74) is 1.66. The fourth-order valence-electron chi connectivity index (χ4n) is 4.70. The van der Waals surface area contributed by atoms with Crippen molar-refractivity contribution in [2.45, 2.75) is 46.8 Å². The van der Waals surface area contributed by atoms with Crippen molar-refractivity contribution in [2.75, 3.05) is 34.0 Å². The summed E-state index contributed by atoms with van der Waals surface area (Å²) < 4.78 is 34.7. The average molecular weight is 625 g/mol. The maximum Gasteiger partial charge on any atom is 0.344 e. The van der Waals surface area contributed by atoms with Crippen LogP contribution in [0.3, 0.4) is 0 Å². The molecule has 0 unspecified atom stereocenters. The van der Waals surface area contributed by atoms with Crippen LogP contribution in [0.15, 0.2) is 57.5 Å². The lowest BCUT2D eigenvalue weighted by atomic mass is 9.95. The largest absolute Gasteiger partial charge is 0.493 e. The van der Waals surface area contributed by atoms with Gasteiger partial charge in [0.05, 0.1) is 55.4 Å². The predicted molar refractivity (Wildman–Crippen MR) is 164 cm³/mol. The zero-order valence-electron chi connectivity index (χ0n) is 25.8.